The number of Topliss-reactive ketones (excluding diaryl/α,β-unsaturated/α-hetero) is 1. The number of methoxy groups -OCH3 is 1. The molecule has 2 N–H and O–H groups in total. The fourth-order valence-corrected chi connectivity index (χ4v) is 5.84. The Kier molecular flexibility index (Phi) is 5.78. The van der Waals surface area contributed by atoms with E-state index in [2.05, 4.69) is 4.98 Å². The third-order valence-electron chi connectivity index (χ3n) is 5.80. The molecule has 3 atom stereocenters. The molecule has 2 aliphatic heterocycles. The van der Waals surface area contributed by atoms with Gasteiger partial charge in [0.15, 0.2) is 10.8 Å². The Morgan fingerprint density at radius 3 is 2.65 bits per heavy atom. The molecule has 2 saturated heterocycles. The molecule has 4 rings (SSSR count). The highest BCUT2D eigenvalue weighted by molar-refractivity contribution is 7.89. The predicted molar refractivity (Wildman–Crippen MR) is 112 cm³/mol. The second-order valence-electron chi connectivity index (χ2n) is 7.68. The first-order valence-electron chi connectivity index (χ1n) is 9.97. The number of amides is 1. The summed E-state index contributed by atoms with van der Waals surface area (Å²) in [6.07, 6.45) is 2.08. The van der Waals surface area contributed by atoms with Crippen molar-refractivity contribution in [1.29, 1.82) is 0 Å². The minimum absolute atomic E-state index is 0.107. The minimum atomic E-state index is -3.93. The van der Waals surface area contributed by atoms with Crippen LogP contribution in [-0.2, 0) is 26.0 Å². The van der Waals surface area contributed by atoms with E-state index in [0.717, 1.165) is 5.56 Å². The molecule has 164 valence electrons. The van der Waals surface area contributed by atoms with Gasteiger partial charge in [-0.2, -0.15) is 4.31 Å². The molecule has 3 heterocycles. The number of carbonyl (C=O) groups is 2. The van der Waals surface area contributed by atoms with Gasteiger partial charge in [0.2, 0.25) is 5.91 Å². The molecule has 2 aromatic rings. The zero-order chi connectivity index (χ0) is 22.2. The van der Waals surface area contributed by atoms with Crippen LogP contribution in [0.1, 0.15) is 12.0 Å². The van der Waals surface area contributed by atoms with Crippen LogP contribution < -0.4 is 10.5 Å². The van der Waals surface area contributed by atoms with Gasteiger partial charge in [-0.15, -0.1) is 0 Å². The third-order valence-corrected chi connectivity index (χ3v) is 7.59. The average molecular weight is 445 g/mol. The molecule has 0 saturated carbocycles. The zero-order valence-corrected chi connectivity index (χ0v) is 17.9. The van der Waals surface area contributed by atoms with Crippen molar-refractivity contribution in [2.45, 2.75) is 36.0 Å². The van der Waals surface area contributed by atoms with Gasteiger partial charge in [0.25, 0.3) is 10.0 Å². The Labute approximate surface area is 180 Å². The van der Waals surface area contributed by atoms with Crippen LogP contribution in [0.4, 0.5) is 0 Å². The lowest BCUT2D eigenvalue weighted by Crippen LogP contribution is -2.50. The summed E-state index contributed by atoms with van der Waals surface area (Å²) in [4.78, 5) is 31.1. The second kappa shape index (κ2) is 8.37. The molecule has 0 spiro atoms. The third kappa shape index (κ3) is 3.93. The van der Waals surface area contributed by atoms with Crippen LogP contribution >= 0.6 is 0 Å². The number of carbonyl (C=O) groups excluding carboxylic acids is 2. The highest BCUT2D eigenvalue weighted by Gasteiger charge is 2.54. The number of nitrogens with two attached hydrogens (primary N) is 1. The molecule has 1 aromatic carbocycles. The topological polar surface area (TPSA) is 123 Å². The fraction of sp³-hybridized carbons (Fsp3) is 0.381. The summed E-state index contributed by atoms with van der Waals surface area (Å²) in [5.74, 6) is 0.0533. The molecule has 2 aliphatic rings. The molecule has 2 fully saturated rings. The van der Waals surface area contributed by atoms with Crippen molar-refractivity contribution in [1.82, 2.24) is 14.2 Å². The molecular weight excluding hydrogens is 420 g/mol. The Balaban J connectivity index is 1.49. The van der Waals surface area contributed by atoms with Gasteiger partial charge < -0.3 is 15.4 Å². The van der Waals surface area contributed by atoms with Crippen molar-refractivity contribution < 1.29 is 22.7 Å². The summed E-state index contributed by atoms with van der Waals surface area (Å²) >= 11 is 0. The van der Waals surface area contributed by atoms with E-state index in [1.165, 1.54) is 21.5 Å². The number of ether oxygens (including phenoxy) is 1. The molecule has 0 bridgehead atoms. The van der Waals surface area contributed by atoms with Crippen LogP contribution in [0.2, 0.25) is 0 Å². The van der Waals surface area contributed by atoms with Crippen LogP contribution in [0.25, 0.3) is 0 Å². The molecule has 1 amide bonds. The SMILES string of the molecule is COc1ccc(CC(N)C(=O)N2CCC3C2C(=O)CN3S(=O)(=O)c2ccccn2)cc1. The lowest BCUT2D eigenvalue weighted by Gasteiger charge is -2.26. The van der Waals surface area contributed by atoms with Crippen LogP contribution in [0.5, 0.6) is 5.75 Å². The normalized spacial score (nSPS) is 22.4. The van der Waals surface area contributed by atoms with Gasteiger partial charge in [0.1, 0.15) is 11.8 Å². The van der Waals surface area contributed by atoms with Crippen LogP contribution in [0.15, 0.2) is 53.7 Å². The number of sulfonamides is 1. The first-order chi connectivity index (χ1) is 14.8. The number of nitrogens with zero attached hydrogens (tertiary/aromatic N) is 3. The van der Waals surface area contributed by atoms with E-state index in [1.807, 2.05) is 12.1 Å². The predicted octanol–water partition coefficient (Wildman–Crippen LogP) is 0.203. The molecule has 31 heavy (non-hydrogen) atoms. The van der Waals surface area contributed by atoms with Crippen molar-refractivity contribution in [2.24, 2.45) is 5.73 Å². The smallest absolute Gasteiger partial charge is 0.261 e. The minimum Gasteiger partial charge on any atom is -0.497 e. The summed E-state index contributed by atoms with van der Waals surface area (Å²) in [6.45, 7) is 0.0101. The van der Waals surface area contributed by atoms with Crippen molar-refractivity contribution in [3.63, 3.8) is 0 Å². The molecule has 9 nitrogen and oxygen atoms in total. The maximum atomic E-state index is 13.0. The van der Waals surface area contributed by atoms with Gasteiger partial charge in [0, 0.05) is 12.7 Å². The maximum absolute atomic E-state index is 13.0. The number of likely N-dealkylation sites (tertiary alicyclic amines) is 1. The van der Waals surface area contributed by atoms with Crippen LogP contribution in [0.3, 0.4) is 0 Å². The van der Waals surface area contributed by atoms with Crippen molar-refractivity contribution >= 4 is 21.7 Å². The van der Waals surface area contributed by atoms with Crippen molar-refractivity contribution in [2.75, 3.05) is 20.2 Å². The summed E-state index contributed by atoms with van der Waals surface area (Å²) < 4.78 is 32.3. The summed E-state index contributed by atoms with van der Waals surface area (Å²) in [5, 5.41) is -0.107. The lowest BCUT2D eigenvalue weighted by atomic mass is 10.0. The largest absolute Gasteiger partial charge is 0.497 e. The zero-order valence-electron chi connectivity index (χ0n) is 17.0. The average Bonchev–Trinajstić information content (AvgIpc) is 3.36. The first-order valence-corrected chi connectivity index (χ1v) is 11.4. The number of pyridine rings is 1. The standard InChI is InChI=1S/C21H24N4O5S/c1-30-15-7-5-14(6-8-15)12-16(22)21(27)24-11-9-17-20(24)18(26)13-25(17)31(28,29)19-4-2-3-10-23-19/h2-8,10,16-17,20H,9,11-13,22H2,1H3. The summed E-state index contributed by atoms with van der Waals surface area (Å²) in [6, 6.07) is 9.61. The van der Waals surface area contributed by atoms with Gasteiger partial charge in [-0.3, -0.25) is 9.59 Å². The van der Waals surface area contributed by atoms with E-state index in [9.17, 15) is 18.0 Å². The Morgan fingerprint density at radius 1 is 1.26 bits per heavy atom. The van der Waals surface area contributed by atoms with Gasteiger partial charge in [-0.25, -0.2) is 13.4 Å². The monoisotopic (exact) mass is 444 g/mol. The van der Waals surface area contributed by atoms with Gasteiger partial charge in [-0.05, 0) is 42.7 Å². The number of hydrogen-bond acceptors (Lipinski definition) is 7. The van der Waals surface area contributed by atoms with Gasteiger partial charge >= 0.3 is 0 Å². The Hall–Kier alpha value is -2.82. The summed E-state index contributed by atoms with van der Waals surface area (Å²) in [5.41, 5.74) is 7.03. The second-order valence-corrected chi connectivity index (χ2v) is 9.51. The molecule has 0 aliphatic carbocycles. The molecule has 10 heteroatoms. The lowest BCUT2D eigenvalue weighted by molar-refractivity contribution is -0.137. The van der Waals surface area contributed by atoms with E-state index in [-0.39, 0.29) is 29.8 Å². The molecule has 1 aromatic heterocycles. The number of hydrogen-bond donors (Lipinski definition) is 1. The fourth-order valence-electron chi connectivity index (χ4n) is 4.28. The highest BCUT2D eigenvalue weighted by Crippen LogP contribution is 2.33. The Bertz CT molecular complexity index is 1070. The van der Waals surface area contributed by atoms with E-state index < -0.39 is 28.1 Å². The van der Waals surface area contributed by atoms with E-state index in [0.29, 0.717) is 18.6 Å². The molecule has 0 radical (unpaired) electrons. The van der Waals surface area contributed by atoms with E-state index in [1.54, 1.807) is 31.4 Å². The number of aromatic nitrogens is 1. The maximum Gasteiger partial charge on any atom is 0.261 e. The Morgan fingerprint density at radius 2 is 2.00 bits per heavy atom. The van der Waals surface area contributed by atoms with Gasteiger partial charge in [-0.1, -0.05) is 18.2 Å². The number of fused-ring (bicyclic) bond motifs is 1. The summed E-state index contributed by atoms with van der Waals surface area (Å²) in [7, 11) is -2.36. The van der Waals surface area contributed by atoms with Crippen molar-refractivity contribution in [3.05, 3.63) is 54.2 Å². The highest BCUT2D eigenvalue weighted by atomic mass is 32.2. The molecule has 3 unspecified atom stereocenters. The van der Waals surface area contributed by atoms with E-state index >= 15 is 0 Å². The number of benzene rings is 1. The van der Waals surface area contributed by atoms with Gasteiger partial charge in [0.05, 0.1) is 25.7 Å². The first kappa shape index (κ1) is 21.4. The number of ketones is 1. The van der Waals surface area contributed by atoms with E-state index in [4.69, 9.17) is 10.5 Å². The molecular formula is C21H24N4O5S. The van der Waals surface area contributed by atoms with Crippen molar-refractivity contribution in [3.8, 4) is 5.75 Å². The van der Waals surface area contributed by atoms with Crippen LogP contribution in [0, 0.1) is 0 Å². The van der Waals surface area contributed by atoms with Crippen LogP contribution in [-0.4, -0.2) is 72.6 Å². The number of rotatable bonds is 6. The quantitative estimate of drug-likeness (QED) is 0.675.